The fraction of sp³-hybridized carbons (Fsp3) is 0.167. The molecule has 0 aromatic heterocycles. The Morgan fingerprint density at radius 3 is 2.52 bits per heavy atom. The molecule has 0 aliphatic carbocycles. The minimum atomic E-state index is -4.48. The number of amides is 1. The van der Waals surface area contributed by atoms with Gasteiger partial charge in [0.2, 0.25) is 5.91 Å². The maximum absolute atomic E-state index is 12.9. The van der Waals surface area contributed by atoms with Crippen molar-refractivity contribution in [3.05, 3.63) is 59.7 Å². The molecule has 2 aromatic carbocycles. The highest BCUT2D eigenvalue weighted by atomic mass is 19.4. The minimum Gasteiger partial charge on any atom is -0.486 e. The van der Waals surface area contributed by atoms with E-state index in [1.54, 1.807) is 18.2 Å². The first-order valence-corrected chi connectivity index (χ1v) is 7.48. The lowest BCUT2D eigenvalue weighted by Crippen LogP contribution is -2.16. The number of hydrogen-bond acceptors (Lipinski definition) is 3. The van der Waals surface area contributed by atoms with Crippen LogP contribution >= 0.6 is 0 Å². The topological polar surface area (TPSA) is 47.6 Å². The molecule has 4 nitrogen and oxygen atoms in total. The van der Waals surface area contributed by atoms with Crippen LogP contribution in [0.3, 0.4) is 0 Å². The van der Waals surface area contributed by atoms with Gasteiger partial charge in [0.25, 0.3) is 0 Å². The first kappa shape index (κ1) is 16.9. The van der Waals surface area contributed by atoms with Gasteiger partial charge in [0.1, 0.15) is 13.2 Å². The van der Waals surface area contributed by atoms with Crippen molar-refractivity contribution < 1.29 is 27.4 Å². The average molecular weight is 349 g/mol. The number of anilines is 1. The van der Waals surface area contributed by atoms with Crippen LogP contribution in [0.15, 0.2) is 48.5 Å². The van der Waals surface area contributed by atoms with Gasteiger partial charge in [-0.05, 0) is 29.8 Å². The first-order valence-electron chi connectivity index (χ1n) is 7.48. The fourth-order valence-electron chi connectivity index (χ4n) is 2.37. The van der Waals surface area contributed by atoms with E-state index in [1.165, 1.54) is 18.2 Å². The Morgan fingerprint density at radius 1 is 1.04 bits per heavy atom. The minimum absolute atomic E-state index is 0.0766. The Hall–Kier alpha value is -2.96. The third kappa shape index (κ3) is 4.12. The van der Waals surface area contributed by atoms with E-state index in [4.69, 9.17) is 9.47 Å². The number of halogens is 3. The molecular weight excluding hydrogens is 335 g/mol. The van der Waals surface area contributed by atoms with E-state index in [0.29, 0.717) is 30.4 Å². The Bertz CT molecular complexity index is 815. The predicted octanol–water partition coefficient (Wildman–Crippen LogP) is 4.13. The lowest BCUT2D eigenvalue weighted by Gasteiger charge is -2.18. The average Bonchev–Trinajstić information content (AvgIpc) is 2.59. The second-order valence-electron chi connectivity index (χ2n) is 5.27. The summed E-state index contributed by atoms with van der Waals surface area (Å²) in [6.07, 6.45) is -2.29. The third-order valence-corrected chi connectivity index (χ3v) is 3.49. The monoisotopic (exact) mass is 349 g/mol. The van der Waals surface area contributed by atoms with Crippen LogP contribution in [0.5, 0.6) is 11.5 Å². The van der Waals surface area contributed by atoms with Crippen LogP contribution in [0.4, 0.5) is 18.9 Å². The summed E-state index contributed by atoms with van der Waals surface area (Å²) in [5, 5.41) is 2.58. The number of alkyl halides is 3. The number of ether oxygens (including phenoxy) is 2. The van der Waals surface area contributed by atoms with E-state index in [9.17, 15) is 18.0 Å². The first-order chi connectivity index (χ1) is 11.9. The smallest absolute Gasteiger partial charge is 0.416 e. The number of carbonyl (C=O) groups excluding carboxylic acids is 1. The number of benzene rings is 2. The molecule has 1 amide bonds. The molecule has 1 aliphatic rings. The van der Waals surface area contributed by atoms with Gasteiger partial charge < -0.3 is 14.8 Å². The molecule has 3 rings (SSSR count). The lowest BCUT2D eigenvalue weighted by molar-refractivity contribution is -0.137. The zero-order chi connectivity index (χ0) is 17.9. The second-order valence-corrected chi connectivity index (χ2v) is 5.27. The summed E-state index contributed by atoms with van der Waals surface area (Å²) in [7, 11) is 0. The zero-order valence-corrected chi connectivity index (χ0v) is 13.0. The molecule has 130 valence electrons. The molecule has 1 heterocycles. The standard InChI is InChI=1S/C18H14F3NO3/c19-18(20,21)14-4-2-1-3-12(14)5-8-17(23)22-13-6-7-15-16(11-13)25-10-9-24-15/h1-8,11H,9-10H2,(H,22,23). The number of fused-ring (bicyclic) bond motifs is 1. The van der Waals surface area contributed by atoms with Crippen molar-refractivity contribution in [3.63, 3.8) is 0 Å². The molecule has 0 spiro atoms. The Labute approximate surface area is 141 Å². The van der Waals surface area contributed by atoms with E-state index in [1.807, 2.05) is 0 Å². The van der Waals surface area contributed by atoms with Crippen molar-refractivity contribution in [2.75, 3.05) is 18.5 Å². The summed E-state index contributed by atoms with van der Waals surface area (Å²) in [6, 6.07) is 9.94. The van der Waals surface area contributed by atoms with E-state index >= 15 is 0 Å². The van der Waals surface area contributed by atoms with Crippen LogP contribution in [0.1, 0.15) is 11.1 Å². The van der Waals surface area contributed by atoms with Gasteiger partial charge in [0.05, 0.1) is 5.56 Å². The highest BCUT2D eigenvalue weighted by Crippen LogP contribution is 2.33. The molecule has 0 saturated carbocycles. The van der Waals surface area contributed by atoms with Crippen LogP contribution < -0.4 is 14.8 Å². The van der Waals surface area contributed by atoms with Crippen molar-refractivity contribution in [2.45, 2.75) is 6.18 Å². The summed E-state index contributed by atoms with van der Waals surface area (Å²) in [5.74, 6) is 0.544. The third-order valence-electron chi connectivity index (χ3n) is 3.49. The molecule has 0 unspecified atom stereocenters. The van der Waals surface area contributed by atoms with Crippen LogP contribution in [-0.4, -0.2) is 19.1 Å². The normalized spacial score (nSPS) is 13.7. The Balaban J connectivity index is 1.72. The van der Waals surface area contributed by atoms with Gasteiger partial charge in [-0.3, -0.25) is 4.79 Å². The van der Waals surface area contributed by atoms with E-state index < -0.39 is 17.6 Å². The Morgan fingerprint density at radius 2 is 1.76 bits per heavy atom. The summed E-state index contributed by atoms with van der Waals surface area (Å²) in [5.41, 5.74) is -0.409. The predicted molar refractivity (Wildman–Crippen MR) is 86.5 cm³/mol. The van der Waals surface area contributed by atoms with Crippen LogP contribution in [0, 0.1) is 0 Å². The maximum atomic E-state index is 12.9. The second kappa shape index (κ2) is 6.88. The molecule has 1 N–H and O–H groups in total. The van der Waals surface area contributed by atoms with Gasteiger partial charge in [-0.1, -0.05) is 18.2 Å². The van der Waals surface area contributed by atoms with Crippen molar-refractivity contribution in [2.24, 2.45) is 0 Å². The Kier molecular flexibility index (Phi) is 4.65. The zero-order valence-electron chi connectivity index (χ0n) is 13.0. The molecule has 0 fully saturated rings. The van der Waals surface area contributed by atoms with Gasteiger partial charge in [-0.2, -0.15) is 13.2 Å². The van der Waals surface area contributed by atoms with E-state index in [2.05, 4.69) is 5.32 Å². The van der Waals surface area contributed by atoms with E-state index in [-0.39, 0.29) is 5.56 Å². The van der Waals surface area contributed by atoms with Crippen molar-refractivity contribution >= 4 is 17.7 Å². The molecule has 1 aliphatic heterocycles. The number of carbonyl (C=O) groups is 1. The molecule has 25 heavy (non-hydrogen) atoms. The maximum Gasteiger partial charge on any atom is 0.416 e. The number of hydrogen-bond donors (Lipinski definition) is 1. The van der Waals surface area contributed by atoms with Crippen LogP contribution in [0.25, 0.3) is 6.08 Å². The van der Waals surface area contributed by atoms with Gasteiger partial charge >= 0.3 is 6.18 Å². The number of rotatable bonds is 3. The van der Waals surface area contributed by atoms with Crippen molar-refractivity contribution in [3.8, 4) is 11.5 Å². The summed E-state index contributed by atoms with van der Waals surface area (Å²) < 4.78 is 49.5. The summed E-state index contributed by atoms with van der Waals surface area (Å²) in [6.45, 7) is 0.874. The molecule has 0 saturated heterocycles. The SMILES string of the molecule is O=C(C=Cc1ccccc1C(F)(F)F)Nc1ccc2c(c1)OCCO2. The quantitative estimate of drug-likeness (QED) is 0.848. The van der Waals surface area contributed by atoms with Gasteiger partial charge in [-0.15, -0.1) is 0 Å². The summed E-state index contributed by atoms with van der Waals surface area (Å²) >= 11 is 0. The molecule has 7 heteroatoms. The molecule has 2 aromatic rings. The van der Waals surface area contributed by atoms with Crippen molar-refractivity contribution in [1.82, 2.24) is 0 Å². The van der Waals surface area contributed by atoms with E-state index in [0.717, 1.165) is 18.2 Å². The highest BCUT2D eigenvalue weighted by molar-refractivity contribution is 6.02. The largest absolute Gasteiger partial charge is 0.486 e. The van der Waals surface area contributed by atoms with Crippen LogP contribution in [0.2, 0.25) is 0 Å². The van der Waals surface area contributed by atoms with Gasteiger partial charge in [-0.25, -0.2) is 0 Å². The number of nitrogens with one attached hydrogen (secondary N) is 1. The molecule has 0 atom stereocenters. The van der Waals surface area contributed by atoms with Crippen molar-refractivity contribution in [1.29, 1.82) is 0 Å². The molecular formula is C18H14F3NO3. The van der Waals surface area contributed by atoms with Gasteiger partial charge in [0.15, 0.2) is 11.5 Å². The summed E-state index contributed by atoms with van der Waals surface area (Å²) in [4.78, 5) is 12.0. The lowest BCUT2D eigenvalue weighted by atomic mass is 10.1. The highest BCUT2D eigenvalue weighted by Gasteiger charge is 2.32. The molecule has 0 bridgehead atoms. The van der Waals surface area contributed by atoms with Gasteiger partial charge in [0, 0.05) is 17.8 Å². The molecule has 0 radical (unpaired) electrons. The fourth-order valence-corrected chi connectivity index (χ4v) is 2.37. The van der Waals surface area contributed by atoms with Crippen LogP contribution in [-0.2, 0) is 11.0 Å².